The molecule has 0 fully saturated rings. The number of amides is 1. The van der Waals surface area contributed by atoms with Gasteiger partial charge in [0.15, 0.2) is 0 Å². The van der Waals surface area contributed by atoms with Crippen molar-refractivity contribution < 1.29 is 17.9 Å². The first-order valence-corrected chi connectivity index (χ1v) is 8.90. The van der Waals surface area contributed by atoms with Crippen molar-refractivity contribution in [2.75, 3.05) is 6.54 Å². The molecule has 21 heavy (non-hydrogen) atoms. The molecule has 0 aliphatic carbocycles. The summed E-state index contributed by atoms with van der Waals surface area (Å²) in [6, 6.07) is 6.20. The van der Waals surface area contributed by atoms with Crippen molar-refractivity contribution in [1.82, 2.24) is 5.32 Å². The zero-order chi connectivity index (χ0) is 16.3. The van der Waals surface area contributed by atoms with Gasteiger partial charge in [-0.05, 0) is 38.5 Å². The van der Waals surface area contributed by atoms with Crippen LogP contribution >= 0.6 is 22.3 Å². The third-order valence-corrected chi connectivity index (χ3v) is 4.43. The van der Waals surface area contributed by atoms with Crippen molar-refractivity contribution in [2.45, 2.75) is 31.6 Å². The highest BCUT2D eigenvalue weighted by molar-refractivity contribution is 8.13. The lowest BCUT2D eigenvalue weighted by Crippen LogP contribution is -2.35. The highest BCUT2D eigenvalue weighted by atomic mass is 35.7. The van der Waals surface area contributed by atoms with Gasteiger partial charge >= 0.3 is 6.09 Å². The van der Waals surface area contributed by atoms with E-state index in [2.05, 4.69) is 5.32 Å². The van der Waals surface area contributed by atoms with E-state index in [0.717, 1.165) is 0 Å². The molecule has 1 amide bonds. The maximum Gasteiger partial charge on any atom is 0.407 e. The molecular weight excluding hydrogens is 337 g/mol. The van der Waals surface area contributed by atoms with E-state index in [1.807, 2.05) is 0 Å². The first-order valence-electron chi connectivity index (χ1n) is 6.15. The molecule has 1 N–H and O–H groups in total. The Balaban J connectivity index is 2.82. The molecule has 0 aromatic heterocycles. The fraction of sp³-hybridized carbons (Fsp3) is 0.462. The Bertz CT molecular complexity index is 594. The number of halogens is 2. The normalized spacial score (nSPS) is 13.6. The Morgan fingerprint density at radius 3 is 2.24 bits per heavy atom. The smallest absolute Gasteiger partial charge is 0.407 e. The minimum atomic E-state index is -3.91. The average molecular weight is 354 g/mol. The van der Waals surface area contributed by atoms with Crippen LogP contribution in [-0.4, -0.2) is 26.7 Å². The highest BCUT2D eigenvalue weighted by Gasteiger charge is 2.26. The molecule has 1 aromatic rings. The zero-order valence-corrected chi connectivity index (χ0v) is 14.2. The summed E-state index contributed by atoms with van der Waals surface area (Å²) in [7, 11) is 1.53. The van der Waals surface area contributed by atoms with Gasteiger partial charge in [0.25, 0.3) is 0 Å². The SMILES string of the molecule is CC(C)(C)OC(=O)NCC(c1ccc(Cl)cc1)S(=O)(=O)Cl. The summed E-state index contributed by atoms with van der Waals surface area (Å²) in [5.41, 5.74) is -0.231. The van der Waals surface area contributed by atoms with Gasteiger partial charge < -0.3 is 10.1 Å². The van der Waals surface area contributed by atoms with E-state index in [4.69, 9.17) is 27.0 Å². The summed E-state index contributed by atoms with van der Waals surface area (Å²) in [4.78, 5) is 11.6. The van der Waals surface area contributed by atoms with E-state index in [1.165, 1.54) is 0 Å². The Hall–Kier alpha value is -0.980. The number of alkyl carbamates (subject to hydrolysis) is 1. The highest BCUT2D eigenvalue weighted by Crippen LogP contribution is 2.26. The van der Waals surface area contributed by atoms with E-state index < -0.39 is 26.0 Å². The summed E-state index contributed by atoms with van der Waals surface area (Å²) in [6.07, 6.45) is -0.707. The summed E-state index contributed by atoms with van der Waals surface area (Å²) >= 11 is 5.76. The average Bonchev–Trinajstić information content (AvgIpc) is 2.27. The van der Waals surface area contributed by atoms with E-state index >= 15 is 0 Å². The number of nitrogens with one attached hydrogen (secondary N) is 1. The first kappa shape index (κ1) is 18.1. The fourth-order valence-electron chi connectivity index (χ4n) is 1.55. The molecule has 118 valence electrons. The van der Waals surface area contributed by atoms with Gasteiger partial charge in [0.05, 0.1) is 0 Å². The van der Waals surface area contributed by atoms with Crippen LogP contribution in [0.2, 0.25) is 5.02 Å². The Morgan fingerprint density at radius 1 is 1.29 bits per heavy atom. The van der Waals surface area contributed by atoms with Crippen LogP contribution in [0.5, 0.6) is 0 Å². The molecule has 1 atom stereocenters. The Labute approximate surface area is 134 Å². The Morgan fingerprint density at radius 2 is 1.81 bits per heavy atom. The topological polar surface area (TPSA) is 72.5 Å². The molecule has 0 radical (unpaired) electrons. The number of benzene rings is 1. The van der Waals surface area contributed by atoms with Gasteiger partial charge in [0, 0.05) is 22.2 Å². The van der Waals surface area contributed by atoms with Crippen LogP contribution in [0.25, 0.3) is 0 Å². The second-order valence-electron chi connectivity index (χ2n) is 5.40. The van der Waals surface area contributed by atoms with Gasteiger partial charge in [-0.15, -0.1) is 0 Å². The molecule has 1 aromatic carbocycles. The molecule has 5 nitrogen and oxygen atoms in total. The van der Waals surface area contributed by atoms with Crippen LogP contribution in [0.4, 0.5) is 4.79 Å². The molecule has 1 rings (SSSR count). The molecule has 0 aliphatic heterocycles. The second kappa shape index (κ2) is 6.85. The zero-order valence-electron chi connectivity index (χ0n) is 11.9. The van der Waals surface area contributed by atoms with Gasteiger partial charge in [-0.2, -0.15) is 0 Å². The maximum absolute atomic E-state index is 11.7. The predicted octanol–water partition coefficient (Wildman–Crippen LogP) is 3.47. The van der Waals surface area contributed by atoms with Crippen molar-refractivity contribution in [1.29, 1.82) is 0 Å². The molecule has 0 saturated heterocycles. The lowest BCUT2D eigenvalue weighted by molar-refractivity contribution is 0.0528. The molecule has 0 bridgehead atoms. The van der Waals surface area contributed by atoms with Crippen molar-refractivity contribution in [2.24, 2.45) is 0 Å². The number of hydrogen-bond acceptors (Lipinski definition) is 4. The van der Waals surface area contributed by atoms with Crippen LogP contribution in [0, 0.1) is 0 Å². The third kappa shape index (κ3) is 6.54. The van der Waals surface area contributed by atoms with Crippen molar-refractivity contribution >= 4 is 37.4 Å². The monoisotopic (exact) mass is 353 g/mol. The first-order chi connectivity index (χ1) is 9.49. The molecule has 0 saturated carbocycles. The van der Waals surface area contributed by atoms with Gasteiger partial charge in [-0.25, -0.2) is 13.2 Å². The van der Waals surface area contributed by atoms with Crippen LogP contribution < -0.4 is 5.32 Å². The number of ether oxygens (including phenoxy) is 1. The van der Waals surface area contributed by atoms with Crippen LogP contribution in [0.3, 0.4) is 0 Å². The Kier molecular flexibility index (Phi) is 5.90. The molecule has 8 heteroatoms. The van der Waals surface area contributed by atoms with Gasteiger partial charge in [-0.1, -0.05) is 23.7 Å². The summed E-state index contributed by atoms with van der Waals surface area (Å²) in [6.45, 7) is 4.94. The van der Waals surface area contributed by atoms with E-state index in [0.29, 0.717) is 10.6 Å². The van der Waals surface area contributed by atoms with E-state index in [1.54, 1.807) is 45.0 Å². The largest absolute Gasteiger partial charge is 0.444 e. The number of carbonyl (C=O) groups excluding carboxylic acids is 1. The maximum atomic E-state index is 11.7. The lowest BCUT2D eigenvalue weighted by Gasteiger charge is -2.21. The molecule has 0 spiro atoms. The predicted molar refractivity (Wildman–Crippen MR) is 83.2 cm³/mol. The summed E-state index contributed by atoms with van der Waals surface area (Å²) in [5.74, 6) is 0. The molecule has 0 aliphatic rings. The summed E-state index contributed by atoms with van der Waals surface area (Å²) < 4.78 is 28.4. The van der Waals surface area contributed by atoms with Crippen LogP contribution in [0.15, 0.2) is 24.3 Å². The lowest BCUT2D eigenvalue weighted by atomic mass is 10.1. The number of carbonyl (C=O) groups is 1. The fourth-order valence-corrected chi connectivity index (χ4v) is 2.94. The van der Waals surface area contributed by atoms with Crippen molar-refractivity contribution in [3.8, 4) is 0 Å². The molecular formula is C13H17Cl2NO4S. The second-order valence-corrected chi connectivity index (χ2v) is 8.65. The van der Waals surface area contributed by atoms with Gasteiger partial charge in [0.1, 0.15) is 10.9 Å². The summed E-state index contributed by atoms with van der Waals surface area (Å²) in [5, 5.41) is 1.80. The minimum Gasteiger partial charge on any atom is -0.444 e. The quantitative estimate of drug-likeness (QED) is 0.841. The van der Waals surface area contributed by atoms with E-state index in [9.17, 15) is 13.2 Å². The van der Waals surface area contributed by atoms with Gasteiger partial charge in [0.2, 0.25) is 9.05 Å². The third-order valence-electron chi connectivity index (χ3n) is 2.41. The van der Waals surface area contributed by atoms with Crippen LogP contribution in [-0.2, 0) is 13.8 Å². The standard InChI is InChI=1S/C13H17Cl2NO4S/c1-13(2,3)20-12(17)16-8-11(21(15,18)19)9-4-6-10(14)7-5-9/h4-7,11H,8H2,1-3H3,(H,16,17). The number of hydrogen-bond donors (Lipinski definition) is 1. The molecule has 1 unspecified atom stereocenters. The number of rotatable bonds is 4. The van der Waals surface area contributed by atoms with Crippen molar-refractivity contribution in [3.63, 3.8) is 0 Å². The minimum absolute atomic E-state index is 0.192. The van der Waals surface area contributed by atoms with Crippen molar-refractivity contribution in [3.05, 3.63) is 34.9 Å². The molecule has 0 heterocycles. The van der Waals surface area contributed by atoms with Crippen LogP contribution in [0.1, 0.15) is 31.6 Å². The van der Waals surface area contributed by atoms with Gasteiger partial charge in [-0.3, -0.25) is 0 Å². The van der Waals surface area contributed by atoms with E-state index in [-0.39, 0.29) is 6.54 Å².